The van der Waals surface area contributed by atoms with Crippen LogP contribution in [0.25, 0.3) is 0 Å². The molecule has 0 aromatic carbocycles. The maximum absolute atomic E-state index is 5.52. The molecule has 0 aliphatic carbocycles. The van der Waals surface area contributed by atoms with Gasteiger partial charge < -0.3 is 0 Å². The van der Waals surface area contributed by atoms with E-state index >= 15 is 0 Å². The smallest absolute Gasteiger partial charge is 0.0363 e. The van der Waals surface area contributed by atoms with Gasteiger partial charge in [-0.1, -0.05) is 6.92 Å². The monoisotopic (exact) mass is 185 g/mol. The normalized spacial score (nSPS) is 25.8. The first-order valence-electron chi connectivity index (χ1n) is 5.36. The summed E-state index contributed by atoms with van der Waals surface area (Å²) in [6.07, 6.45) is 3.83. The highest BCUT2D eigenvalue weighted by Gasteiger charge is 2.36. The van der Waals surface area contributed by atoms with Crippen LogP contribution in [-0.2, 0) is 0 Å². The number of nitrogens with two attached hydrogens (primary N) is 1. The largest absolute Gasteiger partial charge is 0.296 e. The van der Waals surface area contributed by atoms with Gasteiger partial charge in [0, 0.05) is 11.6 Å². The van der Waals surface area contributed by atoms with Gasteiger partial charge >= 0.3 is 0 Å². The van der Waals surface area contributed by atoms with Crippen molar-refractivity contribution in [1.29, 1.82) is 0 Å². The third-order valence-corrected chi connectivity index (χ3v) is 3.73. The predicted molar refractivity (Wildman–Crippen MR) is 56.3 cm³/mol. The van der Waals surface area contributed by atoms with Gasteiger partial charge in [-0.3, -0.25) is 16.2 Å². The Balaban J connectivity index is 2.66. The molecule has 13 heavy (non-hydrogen) atoms. The summed E-state index contributed by atoms with van der Waals surface area (Å²) in [6.45, 7) is 9.18. The van der Waals surface area contributed by atoms with E-state index in [2.05, 4.69) is 31.1 Å². The number of hydrogen-bond donors (Lipinski definition) is 2. The van der Waals surface area contributed by atoms with Gasteiger partial charge in [-0.2, -0.15) is 0 Å². The van der Waals surface area contributed by atoms with Crippen molar-refractivity contribution >= 4 is 0 Å². The van der Waals surface area contributed by atoms with Crippen LogP contribution in [0.5, 0.6) is 0 Å². The van der Waals surface area contributed by atoms with Crippen LogP contribution in [0, 0.1) is 0 Å². The molecule has 1 fully saturated rings. The van der Waals surface area contributed by atoms with Crippen molar-refractivity contribution in [2.75, 3.05) is 13.1 Å². The molecule has 0 saturated carbocycles. The molecular weight excluding hydrogens is 162 g/mol. The first kappa shape index (κ1) is 11.0. The molecule has 0 amide bonds. The third-order valence-electron chi connectivity index (χ3n) is 3.73. The lowest BCUT2D eigenvalue weighted by Crippen LogP contribution is -2.58. The van der Waals surface area contributed by atoms with Gasteiger partial charge in [-0.15, -0.1) is 0 Å². The van der Waals surface area contributed by atoms with E-state index in [4.69, 9.17) is 5.84 Å². The molecule has 0 aromatic heterocycles. The fourth-order valence-electron chi connectivity index (χ4n) is 2.21. The Morgan fingerprint density at radius 2 is 2.00 bits per heavy atom. The molecule has 1 aliphatic heterocycles. The lowest BCUT2D eigenvalue weighted by atomic mass is 9.89. The summed E-state index contributed by atoms with van der Waals surface area (Å²) < 4.78 is 0. The summed E-state index contributed by atoms with van der Waals surface area (Å²) in [5, 5.41) is 0. The topological polar surface area (TPSA) is 41.3 Å². The second-order valence-corrected chi connectivity index (χ2v) is 4.29. The Labute approximate surface area is 81.6 Å². The van der Waals surface area contributed by atoms with Crippen LogP contribution < -0.4 is 11.3 Å². The molecule has 3 N–H and O–H groups in total. The summed E-state index contributed by atoms with van der Waals surface area (Å²) in [7, 11) is 0. The fraction of sp³-hybridized carbons (Fsp3) is 1.00. The summed E-state index contributed by atoms with van der Waals surface area (Å²) in [5.74, 6) is 5.52. The van der Waals surface area contributed by atoms with Crippen molar-refractivity contribution < 1.29 is 0 Å². The second kappa shape index (κ2) is 4.40. The number of hydrazine groups is 1. The van der Waals surface area contributed by atoms with Gasteiger partial charge in [0.25, 0.3) is 0 Å². The van der Waals surface area contributed by atoms with E-state index in [1.165, 1.54) is 25.9 Å². The summed E-state index contributed by atoms with van der Waals surface area (Å²) in [6, 6.07) is 0.357. The molecule has 2 atom stereocenters. The van der Waals surface area contributed by atoms with Crippen LogP contribution >= 0.6 is 0 Å². The van der Waals surface area contributed by atoms with Crippen LogP contribution in [0.1, 0.15) is 40.0 Å². The Morgan fingerprint density at radius 3 is 2.38 bits per heavy atom. The molecule has 2 unspecified atom stereocenters. The van der Waals surface area contributed by atoms with Gasteiger partial charge in [0.15, 0.2) is 0 Å². The van der Waals surface area contributed by atoms with Crippen molar-refractivity contribution in [1.82, 2.24) is 10.3 Å². The van der Waals surface area contributed by atoms with E-state index in [0.717, 1.165) is 6.42 Å². The van der Waals surface area contributed by atoms with Gasteiger partial charge in [-0.05, 0) is 46.2 Å². The first-order chi connectivity index (χ1) is 6.15. The zero-order valence-electron chi connectivity index (χ0n) is 9.14. The minimum absolute atomic E-state index is 0.227. The van der Waals surface area contributed by atoms with Crippen LogP contribution in [-0.4, -0.2) is 29.6 Å². The number of hydrogen-bond acceptors (Lipinski definition) is 3. The van der Waals surface area contributed by atoms with Crippen molar-refractivity contribution in [3.8, 4) is 0 Å². The maximum atomic E-state index is 5.52. The van der Waals surface area contributed by atoms with Gasteiger partial charge in [-0.25, -0.2) is 0 Å². The standard InChI is InChI=1S/C10H23N3/c1-4-10(3,9(2)12-11)13-7-5-6-8-13/h9,12H,4-8,11H2,1-3H3. The molecule has 0 spiro atoms. The highest BCUT2D eigenvalue weighted by atomic mass is 15.3. The molecule has 1 rings (SSSR count). The molecular formula is C10H23N3. The number of nitrogens with one attached hydrogen (secondary N) is 1. The minimum Gasteiger partial charge on any atom is -0.296 e. The van der Waals surface area contributed by atoms with Crippen molar-refractivity contribution in [3.63, 3.8) is 0 Å². The SMILES string of the molecule is CCC(C)(C(C)NN)N1CCCC1. The van der Waals surface area contributed by atoms with E-state index in [1.807, 2.05) is 0 Å². The van der Waals surface area contributed by atoms with Crippen molar-refractivity contribution in [2.24, 2.45) is 5.84 Å². The highest BCUT2D eigenvalue weighted by Crippen LogP contribution is 2.27. The molecule has 0 bridgehead atoms. The molecule has 0 radical (unpaired) electrons. The van der Waals surface area contributed by atoms with Crippen LogP contribution in [0.3, 0.4) is 0 Å². The lowest BCUT2D eigenvalue weighted by molar-refractivity contribution is 0.0914. The van der Waals surface area contributed by atoms with Crippen molar-refractivity contribution in [3.05, 3.63) is 0 Å². The first-order valence-corrected chi connectivity index (χ1v) is 5.36. The minimum atomic E-state index is 0.227. The van der Waals surface area contributed by atoms with Crippen LogP contribution in [0.4, 0.5) is 0 Å². The van der Waals surface area contributed by atoms with Gasteiger partial charge in [0.05, 0.1) is 0 Å². The number of rotatable bonds is 4. The van der Waals surface area contributed by atoms with E-state index < -0.39 is 0 Å². The quantitative estimate of drug-likeness (QED) is 0.509. The molecule has 0 aromatic rings. The summed E-state index contributed by atoms with van der Waals surface area (Å²) in [4.78, 5) is 2.57. The molecule has 1 saturated heterocycles. The van der Waals surface area contributed by atoms with Crippen LogP contribution in [0.2, 0.25) is 0 Å². The van der Waals surface area contributed by atoms with E-state index in [9.17, 15) is 0 Å². The predicted octanol–water partition coefficient (Wildman–Crippen LogP) is 1.10. The third kappa shape index (κ3) is 2.03. The van der Waals surface area contributed by atoms with Crippen molar-refractivity contribution in [2.45, 2.75) is 51.6 Å². The second-order valence-electron chi connectivity index (χ2n) is 4.29. The zero-order chi connectivity index (χ0) is 9.90. The number of likely N-dealkylation sites (tertiary alicyclic amines) is 1. The molecule has 3 heteroatoms. The lowest BCUT2D eigenvalue weighted by Gasteiger charge is -2.42. The molecule has 1 heterocycles. The Morgan fingerprint density at radius 1 is 1.46 bits per heavy atom. The van der Waals surface area contributed by atoms with Gasteiger partial charge in [0.1, 0.15) is 0 Å². The van der Waals surface area contributed by atoms with Gasteiger partial charge in [0.2, 0.25) is 0 Å². The average Bonchev–Trinajstić information content (AvgIpc) is 2.68. The average molecular weight is 185 g/mol. The van der Waals surface area contributed by atoms with Crippen LogP contribution in [0.15, 0.2) is 0 Å². The highest BCUT2D eigenvalue weighted by molar-refractivity contribution is 4.94. The zero-order valence-corrected chi connectivity index (χ0v) is 9.14. The number of nitrogens with zero attached hydrogens (tertiary/aromatic N) is 1. The Bertz CT molecular complexity index is 154. The van der Waals surface area contributed by atoms with E-state index in [0.29, 0.717) is 6.04 Å². The molecule has 78 valence electrons. The molecule has 1 aliphatic rings. The summed E-state index contributed by atoms with van der Waals surface area (Å²) in [5.41, 5.74) is 3.12. The van der Waals surface area contributed by atoms with E-state index in [-0.39, 0.29) is 5.54 Å². The molecule has 3 nitrogen and oxygen atoms in total. The Hall–Kier alpha value is -0.120. The fourth-order valence-corrected chi connectivity index (χ4v) is 2.21. The van der Waals surface area contributed by atoms with E-state index in [1.54, 1.807) is 0 Å². The Kier molecular flexibility index (Phi) is 3.71. The summed E-state index contributed by atoms with van der Waals surface area (Å²) >= 11 is 0. The maximum Gasteiger partial charge on any atom is 0.0363 e.